The Balaban J connectivity index is 1.62. The normalized spacial score (nSPS) is 11.2. The average molecular weight is 365 g/mol. The SMILES string of the molecule is C=CNc1ccc(-c2cnc3ccc(-c4ccc5[nH]ccc5c4)nn23)cc1C. The number of anilines is 1. The largest absolute Gasteiger partial charge is 0.362 e. The van der Waals surface area contributed by atoms with Gasteiger partial charge in [-0.05, 0) is 61.2 Å². The Labute approximate surface area is 162 Å². The van der Waals surface area contributed by atoms with E-state index in [4.69, 9.17) is 5.10 Å². The first kappa shape index (κ1) is 16.3. The molecule has 5 heteroatoms. The van der Waals surface area contributed by atoms with Crippen LogP contribution < -0.4 is 5.32 Å². The van der Waals surface area contributed by atoms with E-state index < -0.39 is 0 Å². The first-order chi connectivity index (χ1) is 13.7. The Morgan fingerprint density at radius 3 is 2.79 bits per heavy atom. The second-order valence-electron chi connectivity index (χ2n) is 6.79. The topological polar surface area (TPSA) is 58.0 Å². The van der Waals surface area contributed by atoms with Gasteiger partial charge < -0.3 is 10.3 Å². The van der Waals surface area contributed by atoms with Gasteiger partial charge in [0.15, 0.2) is 5.65 Å². The number of imidazole rings is 1. The Kier molecular flexibility index (Phi) is 3.72. The van der Waals surface area contributed by atoms with Crippen LogP contribution in [-0.4, -0.2) is 19.6 Å². The van der Waals surface area contributed by atoms with Crippen molar-refractivity contribution in [1.82, 2.24) is 19.6 Å². The zero-order valence-electron chi connectivity index (χ0n) is 15.5. The predicted octanol–water partition coefficient (Wildman–Crippen LogP) is 5.41. The van der Waals surface area contributed by atoms with Gasteiger partial charge in [0, 0.05) is 33.9 Å². The molecule has 5 nitrogen and oxygen atoms in total. The number of aromatic amines is 1. The minimum Gasteiger partial charge on any atom is -0.362 e. The molecule has 0 fully saturated rings. The molecule has 0 saturated carbocycles. The molecule has 2 N–H and O–H groups in total. The van der Waals surface area contributed by atoms with Crippen molar-refractivity contribution >= 4 is 22.2 Å². The first-order valence-corrected chi connectivity index (χ1v) is 9.14. The summed E-state index contributed by atoms with van der Waals surface area (Å²) in [7, 11) is 0. The molecule has 5 aromatic rings. The summed E-state index contributed by atoms with van der Waals surface area (Å²) in [5.41, 5.74) is 8.16. The Bertz CT molecular complexity index is 1330. The van der Waals surface area contributed by atoms with E-state index in [1.165, 1.54) is 5.39 Å². The van der Waals surface area contributed by atoms with Gasteiger partial charge in [-0.3, -0.25) is 0 Å². The van der Waals surface area contributed by atoms with E-state index in [-0.39, 0.29) is 0 Å². The smallest absolute Gasteiger partial charge is 0.154 e. The summed E-state index contributed by atoms with van der Waals surface area (Å²) in [6.45, 7) is 5.80. The molecule has 28 heavy (non-hydrogen) atoms. The first-order valence-electron chi connectivity index (χ1n) is 9.14. The summed E-state index contributed by atoms with van der Waals surface area (Å²) in [5.74, 6) is 0. The van der Waals surface area contributed by atoms with Crippen molar-refractivity contribution in [3.8, 4) is 22.5 Å². The van der Waals surface area contributed by atoms with Crippen molar-refractivity contribution < 1.29 is 0 Å². The lowest BCUT2D eigenvalue weighted by atomic mass is 10.1. The minimum absolute atomic E-state index is 0.826. The lowest BCUT2D eigenvalue weighted by Crippen LogP contribution is -1.97. The molecular formula is C23H19N5. The highest BCUT2D eigenvalue weighted by Gasteiger charge is 2.11. The van der Waals surface area contributed by atoms with E-state index in [9.17, 15) is 0 Å². The molecule has 0 amide bonds. The van der Waals surface area contributed by atoms with Crippen LogP contribution in [0.25, 0.3) is 39.1 Å². The van der Waals surface area contributed by atoms with Crippen LogP contribution in [0.2, 0.25) is 0 Å². The van der Waals surface area contributed by atoms with Crippen LogP contribution in [0.1, 0.15) is 5.56 Å². The maximum absolute atomic E-state index is 4.87. The van der Waals surface area contributed by atoms with Gasteiger partial charge in [-0.1, -0.05) is 18.7 Å². The second kappa shape index (κ2) is 6.39. The molecule has 0 aliphatic rings. The van der Waals surface area contributed by atoms with E-state index >= 15 is 0 Å². The van der Waals surface area contributed by atoms with Crippen molar-refractivity contribution in [2.45, 2.75) is 6.92 Å². The Morgan fingerprint density at radius 2 is 1.93 bits per heavy atom. The molecule has 0 aliphatic carbocycles. The van der Waals surface area contributed by atoms with Gasteiger partial charge >= 0.3 is 0 Å². The number of hydrogen-bond acceptors (Lipinski definition) is 3. The monoisotopic (exact) mass is 365 g/mol. The number of fused-ring (bicyclic) bond motifs is 2. The van der Waals surface area contributed by atoms with Crippen LogP contribution in [0.4, 0.5) is 5.69 Å². The van der Waals surface area contributed by atoms with Crippen LogP contribution in [0.3, 0.4) is 0 Å². The highest BCUT2D eigenvalue weighted by molar-refractivity contribution is 5.84. The van der Waals surface area contributed by atoms with Gasteiger partial charge in [0.2, 0.25) is 0 Å². The molecule has 3 heterocycles. The lowest BCUT2D eigenvalue weighted by molar-refractivity contribution is 0.949. The number of nitrogens with zero attached hydrogens (tertiary/aromatic N) is 3. The molecule has 136 valence electrons. The molecule has 0 spiro atoms. The molecular weight excluding hydrogens is 346 g/mol. The second-order valence-corrected chi connectivity index (χ2v) is 6.79. The van der Waals surface area contributed by atoms with Gasteiger partial charge in [0.25, 0.3) is 0 Å². The van der Waals surface area contributed by atoms with Crippen LogP contribution in [0.15, 0.2) is 79.8 Å². The van der Waals surface area contributed by atoms with Crippen LogP contribution in [-0.2, 0) is 0 Å². The molecule has 0 atom stereocenters. The zero-order chi connectivity index (χ0) is 19.1. The molecule has 0 unspecified atom stereocenters. The van der Waals surface area contributed by atoms with Crippen molar-refractivity contribution in [3.63, 3.8) is 0 Å². The number of nitrogens with one attached hydrogen (secondary N) is 2. The van der Waals surface area contributed by atoms with Crippen molar-refractivity contribution in [3.05, 3.63) is 85.3 Å². The highest BCUT2D eigenvalue weighted by Crippen LogP contribution is 2.27. The third-order valence-corrected chi connectivity index (χ3v) is 4.99. The summed E-state index contributed by atoms with van der Waals surface area (Å²) >= 11 is 0. The molecule has 0 bridgehead atoms. The molecule has 3 aromatic heterocycles. The van der Waals surface area contributed by atoms with Crippen LogP contribution in [0.5, 0.6) is 0 Å². The number of benzene rings is 2. The standard InChI is InChI=1S/C23H19N5/c1-3-24-19-6-5-18(12-15(19)2)22-14-26-23-9-8-21(27-28(22)23)16-4-7-20-17(13-16)10-11-25-20/h3-14,24-25H,1H2,2H3. The maximum Gasteiger partial charge on any atom is 0.154 e. The highest BCUT2D eigenvalue weighted by atomic mass is 15.3. The number of hydrogen-bond donors (Lipinski definition) is 2. The molecule has 0 radical (unpaired) electrons. The third kappa shape index (κ3) is 2.65. The van der Waals surface area contributed by atoms with Crippen LogP contribution >= 0.6 is 0 Å². The lowest BCUT2D eigenvalue weighted by Gasteiger charge is -2.09. The van der Waals surface area contributed by atoms with Crippen molar-refractivity contribution in [2.75, 3.05) is 5.32 Å². The number of aromatic nitrogens is 4. The fourth-order valence-corrected chi connectivity index (χ4v) is 3.53. The molecule has 2 aromatic carbocycles. The van der Waals surface area contributed by atoms with Gasteiger partial charge in [-0.25, -0.2) is 9.50 Å². The Morgan fingerprint density at radius 1 is 1.04 bits per heavy atom. The van der Waals surface area contributed by atoms with Crippen molar-refractivity contribution in [2.24, 2.45) is 0 Å². The minimum atomic E-state index is 0.826. The predicted molar refractivity (Wildman–Crippen MR) is 114 cm³/mol. The molecule has 0 saturated heterocycles. The quantitative estimate of drug-likeness (QED) is 0.448. The summed E-state index contributed by atoms with van der Waals surface area (Å²) in [6, 6.07) is 18.7. The number of rotatable bonds is 4. The summed E-state index contributed by atoms with van der Waals surface area (Å²) in [4.78, 5) is 7.75. The third-order valence-electron chi connectivity index (χ3n) is 4.99. The maximum atomic E-state index is 4.87. The summed E-state index contributed by atoms with van der Waals surface area (Å²) in [5, 5.41) is 9.20. The fraction of sp³-hybridized carbons (Fsp3) is 0.0435. The van der Waals surface area contributed by atoms with Gasteiger partial charge in [-0.15, -0.1) is 0 Å². The van der Waals surface area contributed by atoms with E-state index in [2.05, 4.69) is 71.3 Å². The van der Waals surface area contributed by atoms with Crippen LogP contribution in [0, 0.1) is 6.92 Å². The van der Waals surface area contributed by atoms with Gasteiger partial charge in [0.1, 0.15) is 0 Å². The van der Waals surface area contributed by atoms with E-state index in [0.717, 1.165) is 44.9 Å². The van der Waals surface area contributed by atoms with E-state index in [1.807, 2.05) is 29.0 Å². The molecule has 5 rings (SSSR count). The average Bonchev–Trinajstić information content (AvgIpc) is 3.35. The van der Waals surface area contributed by atoms with Gasteiger partial charge in [0.05, 0.1) is 17.6 Å². The van der Waals surface area contributed by atoms with Crippen molar-refractivity contribution in [1.29, 1.82) is 0 Å². The number of H-pyrrole nitrogens is 1. The summed E-state index contributed by atoms with van der Waals surface area (Å²) < 4.78 is 1.91. The number of aryl methyl sites for hydroxylation is 1. The summed E-state index contributed by atoms with van der Waals surface area (Å²) in [6.07, 6.45) is 5.51. The van der Waals surface area contributed by atoms with Gasteiger partial charge in [-0.2, -0.15) is 5.10 Å². The fourth-order valence-electron chi connectivity index (χ4n) is 3.53. The zero-order valence-corrected chi connectivity index (χ0v) is 15.5. The molecule has 0 aliphatic heterocycles. The van der Waals surface area contributed by atoms with E-state index in [1.54, 1.807) is 6.20 Å². The Hall–Kier alpha value is -3.86. The van der Waals surface area contributed by atoms with E-state index in [0.29, 0.717) is 0 Å².